The maximum atomic E-state index is 13.3. The van der Waals surface area contributed by atoms with Crippen molar-refractivity contribution in [3.8, 4) is 0 Å². The molecule has 0 unspecified atom stereocenters. The van der Waals surface area contributed by atoms with Crippen molar-refractivity contribution >= 4 is 17.5 Å². The van der Waals surface area contributed by atoms with Crippen LogP contribution in [0.15, 0.2) is 24.3 Å². The molecule has 98 valence electrons. The Morgan fingerprint density at radius 3 is 2.32 bits per heavy atom. The van der Waals surface area contributed by atoms with E-state index >= 15 is 0 Å². The Kier molecular flexibility index (Phi) is 2.12. The van der Waals surface area contributed by atoms with Gasteiger partial charge < -0.3 is 4.74 Å². The topological polar surface area (TPSA) is 46.6 Å². The maximum absolute atomic E-state index is 13.3. The molecule has 19 heavy (non-hydrogen) atoms. The molecule has 0 radical (unpaired) electrons. The average molecular weight is 261 g/mol. The standard InChI is InChI=1S/C14H12FNO3/c15-7-2-1-3-8(6-7)16-13(17)11-9-4-5-10(19-9)12(11)14(16)18/h1-3,6,9-12H,4-5H2/t9-,10+,11-,12+. The first kappa shape index (κ1) is 11.1. The third kappa shape index (κ3) is 1.36. The lowest BCUT2D eigenvalue weighted by atomic mass is 9.81. The van der Waals surface area contributed by atoms with Crippen LogP contribution in [0.2, 0.25) is 0 Å². The van der Waals surface area contributed by atoms with Crippen molar-refractivity contribution in [2.45, 2.75) is 25.0 Å². The fraction of sp³-hybridized carbons (Fsp3) is 0.429. The zero-order chi connectivity index (χ0) is 13.1. The molecule has 0 spiro atoms. The summed E-state index contributed by atoms with van der Waals surface area (Å²) < 4.78 is 18.9. The number of carbonyl (C=O) groups excluding carboxylic acids is 2. The molecular weight excluding hydrogens is 249 g/mol. The summed E-state index contributed by atoms with van der Waals surface area (Å²) in [4.78, 5) is 25.9. The first-order chi connectivity index (χ1) is 9.16. The minimum atomic E-state index is -0.450. The van der Waals surface area contributed by atoms with E-state index in [1.54, 1.807) is 6.07 Å². The van der Waals surface area contributed by atoms with Gasteiger partial charge in [0.25, 0.3) is 0 Å². The second kappa shape index (κ2) is 3.63. The van der Waals surface area contributed by atoms with Crippen LogP contribution in [0.25, 0.3) is 0 Å². The second-order valence-electron chi connectivity index (χ2n) is 5.33. The van der Waals surface area contributed by atoms with Gasteiger partial charge in [0.2, 0.25) is 11.8 Å². The molecule has 1 aromatic carbocycles. The molecule has 2 amide bonds. The lowest BCUT2D eigenvalue weighted by molar-refractivity contribution is -0.124. The van der Waals surface area contributed by atoms with Gasteiger partial charge in [0.15, 0.2) is 0 Å². The van der Waals surface area contributed by atoms with Gasteiger partial charge in [-0.05, 0) is 31.0 Å². The van der Waals surface area contributed by atoms with E-state index in [1.165, 1.54) is 18.2 Å². The number of hydrogen-bond acceptors (Lipinski definition) is 3. The third-order valence-electron chi connectivity index (χ3n) is 4.35. The summed E-state index contributed by atoms with van der Waals surface area (Å²) in [5, 5.41) is 0. The van der Waals surface area contributed by atoms with Gasteiger partial charge in [-0.1, -0.05) is 6.07 Å². The molecule has 3 saturated heterocycles. The molecule has 4 rings (SSSR count). The highest BCUT2D eigenvalue weighted by molar-refractivity contribution is 6.22. The first-order valence-electron chi connectivity index (χ1n) is 6.45. The van der Waals surface area contributed by atoms with E-state index in [0.717, 1.165) is 17.7 Å². The zero-order valence-corrected chi connectivity index (χ0v) is 10.1. The summed E-state index contributed by atoms with van der Waals surface area (Å²) >= 11 is 0. The Labute approximate surface area is 109 Å². The molecule has 0 aliphatic carbocycles. The summed E-state index contributed by atoms with van der Waals surface area (Å²) in [5.41, 5.74) is 0.323. The predicted molar refractivity (Wildman–Crippen MR) is 63.8 cm³/mol. The second-order valence-corrected chi connectivity index (χ2v) is 5.33. The first-order valence-corrected chi connectivity index (χ1v) is 6.45. The minimum absolute atomic E-state index is 0.134. The monoisotopic (exact) mass is 261 g/mol. The van der Waals surface area contributed by atoms with Gasteiger partial charge in [-0.2, -0.15) is 0 Å². The normalized spacial score (nSPS) is 36.2. The number of amides is 2. The summed E-state index contributed by atoms with van der Waals surface area (Å²) in [6.07, 6.45) is 1.40. The van der Waals surface area contributed by atoms with Crippen molar-refractivity contribution in [2.24, 2.45) is 11.8 Å². The Morgan fingerprint density at radius 2 is 1.74 bits per heavy atom. The number of benzene rings is 1. The number of imide groups is 1. The molecule has 0 aromatic heterocycles. The largest absolute Gasteiger partial charge is 0.373 e. The maximum Gasteiger partial charge on any atom is 0.240 e. The minimum Gasteiger partial charge on any atom is -0.373 e. The molecule has 0 N–H and O–H groups in total. The van der Waals surface area contributed by atoms with Crippen LogP contribution in [0.5, 0.6) is 0 Å². The van der Waals surface area contributed by atoms with E-state index in [-0.39, 0.29) is 35.9 Å². The Morgan fingerprint density at radius 1 is 1.11 bits per heavy atom. The van der Waals surface area contributed by atoms with Gasteiger partial charge in [0.05, 0.1) is 29.7 Å². The zero-order valence-electron chi connectivity index (χ0n) is 10.1. The molecule has 4 atom stereocenters. The smallest absolute Gasteiger partial charge is 0.240 e. The SMILES string of the molecule is O=C1[C@@H]2[C@H](C(=O)N1c1cccc(F)c1)[C@H]1CC[C@@H]2O1. The Bertz CT molecular complexity index is 560. The van der Waals surface area contributed by atoms with Crippen LogP contribution < -0.4 is 4.90 Å². The number of carbonyl (C=O) groups is 2. The van der Waals surface area contributed by atoms with Crippen LogP contribution in [0.4, 0.5) is 10.1 Å². The van der Waals surface area contributed by atoms with Crippen molar-refractivity contribution in [3.63, 3.8) is 0 Å². The van der Waals surface area contributed by atoms with Crippen LogP contribution in [0.1, 0.15) is 12.8 Å². The summed E-state index contributed by atoms with van der Waals surface area (Å²) in [6, 6.07) is 5.61. The van der Waals surface area contributed by atoms with Crippen molar-refractivity contribution in [1.29, 1.82) is 0 Å². The van der Waals surface area contributed by atoms with Gasteiger partial charge in [0.1, 0.15) is 5.82 Å². The molecule has 5 heteroatoms. The fourth-order valence-electron chi connectivity index (χ4n) is 3.58. The molecular formula is C14H12FNO3. The van der Waals surface area contributed by atoms with Crippen LogP contribution in [0.3, 0.4) is 0 Å². The Balaban J connectivity index is 1.75. The lowest BCUT2D eigenvalue weighted by Crippen LogP contribution is -2.34. The van der Waals surface area contributed by atoms with Gasteiger partial charge in [-0.3, -0.25) is 9.59 Å². The molecule has 2 bridgehead atoms. The summed E-state index contributed by atoms with van der Waals surface area (Å²) in [7, 11) is 0. The van der Waals surface area contributed by atoms with E-state index < -0.39 is 5.82 Å². The highest BCUT2D eigenvalue weighted by atomic mass is 19.1. The third-order valence-corrected chi connectivity index (χ3v) is 4.35. The average Bonchev–Trinajstić information content (AvgIpc) is 3.04. The summed E-state index contributed by atoms with van der Waals surface area (Å²) in [5.74, 6) is -1.67. The van der Waals surface area contributed by atoms with Crippen molar-refractivity contribution in [1.82, 2.24) is 0 Å². The van der Waals surface area contributed by atoms with Crippen LogP contribution >= 0.6 is 0 Å². The molecule has 3 fully saturated rings. The van der Waals surface area contributed by atoms with E-state index in [1.807, 2.05) is 0 Å². The highest BCUT2D eigenvalue weighted by Gasteiger charge is 2.62. The van der Waals surface area contributed by atoms with E-state index in [2.05, 4.69) is 0 Å². The number of nitrogens with zero attached hydrogens (tertiary/aromatic N) is 1. The molecule has 3 heterocycles. The Hall–Kier alpha value is -1.75. The van der Waals surface area contributed by atoms with Crippen LogP contribution in [0, 0.1) is 17.7 Å². The number of halogens is 1. The number of rotatable bonds is 1. The van der Waals surface area contributed by atoms with Crippen molar-refractivity contribution in [3.05, 3.63) is 30.1 Å². The quantitative estimate of drug-likeness (QED) is 0.720. The number of fused-ring (bicyclic) bond motifs is 5. The summed E-state index contributed by atoms with van der Waals surface area (Å²) in [6.45, 7) is 0. The number of ether oxygens (including phenoxy) is 1. The van der Waals surface area contributed by atoms with Crippen molar-refractivity contribution in [2.75, 3.05) is 4.90 Å². The van der Waals surface area contributed by atoms with Gasteiger partial charge in [0, 0.05) is 0 Å². The van der Waals surface area contributed by atoms with Gasteiger partial charge in [-0.15, -0.1) is 0 Å². The van der Waals surface area contributed by atoms with Crippen LogP contribution in [-0.2, 0) is 14.3 Å². The van der Waals surface area contributed by atoms with Crippen molar-refractivity contribution < 1.29 is 18.7 Å². The van der Waals surface area contributed by atoms with Gasteiger partial charge in [-0.25, -0.2) is 9.29 Å². The van der Waals surface area contributed by atoms with E-state index in [4.69, 9.17) is 4.74 Å². The molecule has 3 aliphatic heterocycles. The fourth-order valence-corrected chi connectivity index (χ4v) is 3.58. The van der Waals surface area contributed by atoms with E-state index in [9.17, 15) is 14.0 Å². The highest BCUT2D eigenvalue weighted by Crippen LogP contribution is 2.49. The lowest BCUT2D eigenvalue weighted by Gasteiger charge is -2.17. The van der Waals surface area contributed by atoms with Crippen LogP contribution in [-0.4, -0.2) is 24.0 Å². The number of anilines is 1. The van der Waals surface area contributed by atoms with E-state index in [0.29, 0.717) is 5.69 Å². The predicted octanol–water partition coefficient (Wildman–Crippen LogP) is 1.49. The molecule has 4 nitrogen and oxygen atoms in total. The molecule has 3 aliphatic rings. The van der Waals surface area contributed by atoms with Gasteiger partial charge >= 0.3 is 0 Å². The molecule has 1 aromatic rings. The number of hydrogen-bond donors (Lipinski definition) is 0. The molecule has 0 saturated carbocycles.